The van der Waals surface area contributed by atoms with E-state index >= 15 is 0 Å². The summed E-state index contributed by atoms with van der Waals surface area (Å²) in [4.78, 5) is 44.7. The van der Waals surface area contributed by atoms with Gasteiger partial charge in [0.1, 0.15) is 11.7 Å². The van der Waals surface area contributed by atoms with Gasteiger partial charge >= 0.3 is 35.0 Å². The summed E-state index contributed by atoms with van der Waals surface area (Å²) in [6, 6.07) is 0. The topological polar surface area (TPSA) is 140 Å². The predicted molar refractivity (Wildman–Crippen MR) is 172 cm³/mol. The van der Waals surface area contributed by atoms with Crippen molar-refractivity contribution < 1.29 is 24.5 Å². The maximum atomic E-state index is 13.2. The molecule has 8 bridgehead atoms. The van der Waals surface area contributed by atoms with Crippen molar-refractivity contribution in [3.8, 4) is 0 Å². The number of rotatable bonds is 5. The van der Waals surface area contributed by atoms with Crippen molar-refractivity contribution in [2.45, 2.75) is 47.5 Å². The predicted octanol–water partition coefficient (Wildman–Crippen LogP) is 0.901. The average molecular weight is 613 g/mol. The van der Waals surface area contributed by atoms with Gasteiger partial charge in [-0.05, 0) is 57.7 Å². The summed E-state index contributed by atoms with van der Waals surface area (Å²) in [5.74, 6) is -3.13. The Morgan fingerprint density at radius 2 is 1.64 bits per heavy atom. The molecule has 1 aliphatic carbocycles. The number of carbonyl (C=O) groups is 2. The smallest absolute Gasteiger partial charge is 0.661 e. The number of ether oxygens (including phenoxy) is 1. The third kappa shape index (κ3) is 4.92. The van der Waals surface area contributed by atoms with Crippen molar-refractivity contribution in [2.75, 3.05) is 7.11 Å². The summed E-state index contributed by atoms with van der Waals surface area (Å²) >= 11 is 0. The molecule has 0 spiro atoms. The van der Waals surface area contributed by atoms with Crippen LogP contribution in [0.3, 0.4) is 0 Å². The van der Waals surface area contributed by atoms with Crippen LogP contribution in [0, 0.1) is 33.6 Å². The fraction of sp³-hybridized carbons (Fsp3) is 0.257. The van der Waals surface area contributed by atoms with E-state index in [1.165, 1.54) is 13.2 Å². The van der Waals surface area contributed by atoms with Gasteiger partial charge in [0, 0.05) is 11.3 Å². The van der Waals surface area contributed by atoms with E-state index in [1.54, 1.807) is 6.08 Å². The monoisotopic (exact) mass is 612 g/mol. The normalized spacial score (nSPS) is 16.6. The number of esters is 1. The molecule has 5 heterocycles. The molecule has 0 saturated heterocycles. The Labute approximate surface area is 276 Å². The maximum Gasteiger partial charge on any atom is 2.00 e. The number of carboxylic acid groups (broad SMARTS) is 1. The van der Waals surface area contributed by atoms with Gasteiger partial charge in [0.2, 0.25) is 0 Å². The summed E-state index contributed by atoms with van der Waals surface area (Å²) in [7, 11) is 1.26. The first-order valence-electron chi connectivity index (χ1n) is 14.4. The number of fused-ring (bicyclic) bond motifs is 8. The summed E-state index contributed by atoms with van der Waals surface area (Å²) in [6.07, 6.45) is 9.31. The van der Waals surface area contributed by atoms with Gasteiger partial charge in [-0.1, -0.05) is 65.1 Å². The Morgan fingerprint density at radius 1 is 0.956 bits per heavy atom. The second-order valence-electron chi connectivity index (χ2n) is 11.2. The third-order valence-corrected chi connectivity index (χ3v) is 8.91. The molecule has 4 aromatic rings. The van der Waals surface area contributed by atoms with E-state index in [9.17, 15) is 19.8 Å². The fourth-order valence-electron chi connectivity index (χ4n) is 6.53. The van der Waals surface area contributed by atoms with Crippen molar-refractivity contribution in [1.29, 1.82) is 0 Å². The molecule has 0 saturated carbocycles. The quantitative estimate of drug-likeness (QED) is 0.191. The van der Waals surface area contributed by atoms with Gasteiger partial charge in [0.05, 0.1) is 7.11 Å². The van der Waals surface area contributed by atoms with Crippen LogP contribution in [0.2, 0.25) is 0 Å². The van der Waals surface area contributed by atoms with Crippen LogP contribution in [0.5, 0.6) is 0 Å². The van der Waals surface area contributed by atoms with Crippen LogP contribution < -0.4 is 41.2 Å². The number of aliphatic carboxylic acids is 1. The Morgan fingerprint density at radius 3 is 2.29 bits per heavy atom. The van der Waals surface area contributed by atoms with Gasteiger partial charge in [-0.15, -0.1) is 33.1 Å². The molecule has 0 aromatic carbocycles. The van der Waals surface area contributed by atoms with Gasteiger partial charge in [0.15, 0.2) is 0 Å². The average Bonchev–Trinajstić information content (AvgIpc) is 3.72. The molecular formula is C35H32MgN4O5-2. The third-order valence-electron chi connectivity index (χ3n) is 8.91. The summed E-state index contributed by atoms with van der Waals surface area (Å²) in [5, 5.41) is 23.4. The molecular weight excluding hydrogens is 581 g/mol. The molecule has 226 valence electrons. The Hall–Kier alpha value is -4.41. The van der Waals surface area contributed by atoms with Crippen molar-refractivity contribution in [3.05, 3.63) is 101 Å². The van der Waals surface area contributed by atoms with Gasteiger partial charge in [-0.25, -0.2) is 4.79 Å². The van der Waals surface area contributed by atoms with Crippen molar-refractivity contribution in [3.63, 3.8) is 0 Å². The van der Waals surface area contributed by atoms with Gasteiger partial charge in [-0.3, -0.25) is 4.79 Å². The van der Waals surface area contributed by atoms with E-state index in [-0.39, 0.29) is 28.8 Å². The number of methoxy groups -OCH3 is 1. The fourth-order valence-corrected chi connectivity index (χ4v) is 6.53. The van der Waals surface area contributed by atoms with Crippen molar-refractivity contribution >= 4 is 70.6 Å². The SMILES string of the molecule is C=Cc1c(C)/c2[n-]/c1=C\c1[n-]c(c(CC)c1C)Cc1[n-]c3c(c1C)=C(O)[C@H](C(=O)OC)C=3c1[n-]c(c(C)c1/C=C/C(=O)O)\C=2.[Mg+2]. The molecule has 1 aliphatic heterocycles. The van der Waals surface area contributed by atoms with Crippen molar-refractivity contribution in [2.24, 2.45) is 5.92 Å². The number of aliphatic hydroxyl groups excluding tert-OH is 1. The second-order valence-corrected chi connectivity index (χ2v) is 11.2. The largest absolute Gasteiger partial charge is 2.00 e. The number of aromatic nitrogens is 4. The van der Waals surface area contributed by atoms with Crippen LogP contribution in [0.1, 0.15) is 74.3 Å². The minimum absolute atomic E-state index is 0. The zero-order valence-corrected chi connectivity index (χ0v) is 27.6. The van der Waals surface area contributed by atoms with Crippen LogP contribution in [0.25, 0.3) is 35.6 Å². The van der Waals surface area contributed by atoms with Crippen molar-refractivity contribution in [1.82, 2.24) is 19.9 Å². The molecule has 4 aromatic heterocycles. The molecule has 2 aliphatic rings. The standard InChI is InChI=1S/C35H32N4O5.Mg/c1-8-19-15(3)22-12-24-17(5)21(10-11-28(40)41)32(38-24)30-31(35(43)44-7)34(42)29-18(6)25(39-33(29)30)14-27-20(9-2)16(4)23(37-27)13-26(19)36-22;/h8,10-13,31,42H,1,9,14H2,2-7H3,(H,40,41);/q-4;+2/b11-10+,22-12-,26-13-;/t31-;/m1./s1. The van der Waals surface area contributed by atoms with Crippen LogP contribution >= 0.6 is 0 Å². The maximum absolute atomic E-state index is 13.2. The molecule has 10 heteroatoms. The van der Waals surface area contributed by atoms with Crippen LogP contribution in [0.15, 0.2) is 12.7 Å². The molecule has 45 heavy (non-hydrogen) atoms. The Bertz CT molecular complexity index is 2200. The number of nitrogens with zero attached hydrogens (tertiary/aromatic N) is 4. The zero-order chi connectivity index (χ0) is 31.6. The molecule has 0 radical (unpaired) electrons. The van der Waals surface area contributed by atoms with Crippen LogP contribution in [-0.4, -0.2) is 52.3 Å². The number of hydrogen-bond acceptors (Lipinski definition) is 4. The molecule has 2 N–H and O–H groups in total. The molecule has 0 fully saturated rings. The van der Waals surface area contributed by atoms with Crippen LogP contribution in [0.4, 0.5) is 0 Å². The number of aliphatic hydroxyl groups is 1. The van der Waals surface area contributed by atoms with E-state index in [0.29, 0.717) is 50.4 Å². The van der Waals surface area contributed by atoms with E-state index < -0.39 is 17.9 Å². The van der Waals surface area contributed by atoms with E-state index in [4.69, 9.17) is 24.7 Å². The zero-order valence-electron chi connectivity index (χ0n) is 26.2. The number of carbonyl (C=O) groups excluding carboxylic acids is 1. The van der Waals surface area contributed by atoms with E-state index in [1.807, 2.05) is 32.9 Å². The molecule has 9 nitrogen and oxygen atoms in total. The van der Waals surface area contributed by atoms with Gasteiger partial charge in [0.25, 0.3) is 0 Å². The minimum Gasteiger partial charge on any atom is -0.661 e. The summed E-state index contributed by atoms with van der Waals surface area (Å²) in [6.45, 7) is 13.9. The first-order valence-corrected chi connectivity index (χ1v) is 14.4. The summed E-state index contributed by atoms with van der Waals surface area (Å²) in [5.41, 5.74) is 9.63. The molecule has 0 amide bonds. The van der Waals surface area contributed by atoms with Gasteiger partial charge < -0.3 is 34.9 Å². The molecule has 0 unspecified atom stereocenters. The molecule has 1 atom stereocenters. The number of carboxylic acids is 1. The second kappa shape index (κ2) is 11.8. The Kier molecular flexibility index (Phi) is 8.41. The summed E-state index contributed by atoms with van der Waals surface area (Å²) < 4.78 is 5.13. The minimum atomic E-state index is -1.17. The van der Waals surface area contributed by atoms with E-state index in [0.717, 1.165) is 62.7 Å². The molecule has 6 rings (SSSR count). The Balaban J connectivity index is 0.00000400. The van der Waals surface area contributed by atoms with Crippen LogP contribution in [-0.2, 0) is 27.2 Å². The van der Waals surface area contributed by atoms with E-state index in [2.05, 4.69) is 20.4 Å². The first-order chi connectivity index (χ1) is 21.0. The van der Waals surface area contributed by atoms with Gasteiger partial charge in [-0.2, -0.15) is 11.4 Å². The number of hydrogen-bond donors (Lipinski definition) is 2. The first kappa shape index (κ1) is 32.0.